The van der Waals surface area contributed by atoms with Crippen LogP contribution in [0.15, 0.2) is 36.8 Å². The van der Waals surface area contributed by atoms with Crippen molar-refractivity contribution in [3.63, 3.8) is 0 Å². The Labute approximate surface area is 106 Å². The number of hydrogen-bond donors (Lipinski definition) is 2. The van der Waals surface area contributed by atoms with Crippen LogP contribution in [-0.4, -0.2) is 20.7 Å². The molecule has 0 bridgehead atoms. The summed E-state index contributed by atoms with van der Waals surface area (Å²) in [6.07, 6.45) is 6.25. The molecule has 0 aliphatic carbocycles. The first-order valence-corrected chi connectivity index (χ1v) is 6.09. The number of anilines is 1. The van der Waals surface area contributed by atoms with Gasteiger partial charge >= 0.3 is 0 Å². The Kier molecular flexibility index (Phi) is 3.82. The Balaban J connectivity index is 2.11. The van der Waals surface area contributed by atoms with Crippen LogP contribution in [0.4, 0.5) is 5.82 Å². The molecule has 2 rings (SSSR count). The number of aromatic amines is 1. The van der Waals surface area contributed by atoms with Gasteiger partial charge in [-0.15, -0.1) is 0 Å². The highest BCUT2D eigenvalue weighted by molar-refractivity contribution is 5.92. The van der Waals surface area contributed by atoms with Crippen molar-refractivity contribution in [2.45, 2.75) is 26.3 Å². The molecule has 0 aromatic carbocycles. The Bertz CT molecular complexity index is 473. The van der Waals surface area contributed by atoms with Crippen molar-refractivity contribution in [2.24, 2.45) is 5.92 Å². The Hall–Kier alpha value is -2.04. The highest BCUT2D eigenvalue weighted by Gasteiger charge is 2.21. The minimum atomic E-state index is -0.191. The zero-order valence-corrected chi connectivity index (χ0v) is 10.6. The maximum absolute atomic E-state index is 12.3. The molecule has 1 amide bonds. The van der Waals surface area contributed by atoms with E-state index in [2.05, 4.69) is 29.4 Å². The summed E-state index contributed by atoms with van der Waals surface area (Å²) in [6, 6.07) is 5.40. The van der Waals surface area contributed by atoms with E-state index >= 15 is 0 Å². The zero-order chi connectivity index (χ0) is 13.0. The van der Waals surface area contributed by atoms with Gasteiger partial charge in [-0.1, -0.05) is 13.8 Å². The van der Waals surface area contributed by atoms with Crippen molar-refractivity contribution in [3.05, 3.63) is 36.8 Å². The summed E-state index contributed by atoms with van der Waals surface area (Å²) in [5.41, 5.74) is 0. The Morgan fingerprint density at radius 3 is 2.72 bits per heavy atom. The van der Waals surface area contributed by atoms with E-state index in [9.17, 15) is 4.79 Å². The van der Waals surface area contributed by atoms with Crippen molar-refractivity contribution in [3.8, 4) is 0 Å². The molecule has 2 N–H and O–H groups in total. The van der Waals surface area contributed by atoms with Crippen LogP contribution in [0.2, 0.25) is 0 Å². The fourth-order valence-electron chi connectivity index (χ4n) is 1.91. The lowest BCUT2D eigenvalue weighted by atomic mass is 10.0. The van der Waals surface area contributed by atoms with Gasteiger partial charge in [-0.05, 0) is 24.5 Å². The highest BCUT2D eigenvalue weighted by atomic mass is 16.2. The number of nitrogens with zero attached hydrogens (tertiary/aromatic N) is 2. The van der Waals surface area contributed by atoms with E-state index in [1.165, 1.54) is 0 Å². The molecule has 2 heterocycles. The summed E-state index contributed by atoms with van der Waals surface area (Å²) in [7, 11) is 0. The molecule has 1 atom stereocenters. The van der Waals surface area contributed by atoms with Gasteiger partial charge in [0.05, 0.1) is 6.20 Å². The molecule has 2 aromatic heterocycles. The molecule has 18 heavy (non-hydrogen) atoms. The van der Waals surface area contributed by atoms with E-state index in [1.807, 2.05) is 29.1 Å². The number of aromatic nitrogens is 3. The second-order valence-electron chi connectivity index (χ2n) is 4.74. The van der Waals surface area contributed by atoms with Crippen LogP contribution < -0.4 is 5.32 Å². The quantitative estimate of drug-likeness (QED) is 0.851. The molecular weight excluding hydrogens is 228 g/mol. The third kappa shape index (κ3) is 3.00. The summed E-state index contributed by atoms with van der Waals surface area (Å²) in [5, 5.41) is 9.38. The molecule has 0 fully saturated rings. The van der Waals surface area contributed by atoms with Crippen LogP contribution in [0, 0.1) is 5.92 Å². The minimum Gasteiger partial charge on any atom is -0.342 e. The normalized spacial score (nSPS) is 12.6. The van der Waals surface area contributed by atoms with E-state index in [0.29, 0.717) is 11.7 Å². The number of H-pyrrole nitrogens is 1. The number of carbonyl (C=O) groups excluding carboxylic acids is 1. The topological polar surface area (TPSA) is 62.7 Å². The Morgan fingerprint density at radius 2 is 2.17 bits per heavy atom. The lowest BCUT2D eigenvalue weighted by Gasteiger charge is -2.19. The summed E-state index contributed by atoms with van der Waals surface area (Å²) in [6.45, 7) is 4.22. The summed E-state index contributed by atoms with van der Waals surface area (Å²) >= 11 is 0. The van der Waals surface area contributed by atoms with E-state index < -0.39 is 0 Å². The molecule has 0 aliphatic heterocycles. The fourth-order valence-corrected chi connectivity index (χ4v) is 1.91. The average Bonchev–Trinajstić information content (AvgIpc) is 2.97. The smallest absolute Gasteiger partial charge is 0.248 e. The SMILES string of the molecule is CC(C)C[C@@H](C(=O)Nc1ccn[nH]1)n1cccc1. The van der Waals surface area contributed by atoms with Crippen molar-refractivity contribution in [1.29, 1.82) is 0 Å². The molecule has 0 radical (unpaired) electrons. The van der Waals surface area contributed by atoms with Gasteiger partial charge in [0.1, 0.15) is 11.9 Å². The van der Waals surface area contributed by atoms with Gasteiger partial charge in [0, 0.05) is 18.5 Å². The van der Waals surface area contributed by atoms with Crippen molar-refractivity contribution < 1.29 is 4.79 Å². The van der Waals surface area contributed by atoms with Gasteiger partial charge in [-0.3, -0.25) is 9.89 Å². The van der Waals surface area contributed by atoms with Crippen molar-refractivity contribution >= 4 is 11.7 Å². The van der Waals surface area contributed by atoms with Gasteiger partial charge in [-0.25, -0.2) is 0 Å². The second-order valence-corrected chi connectivity index (χ2v) is 4.74. The Morgan fingerprint density at radius 1 is 1.44 bits per heavy atom. The molecular formula is C13H18N4O. The second kappa shape index (κ2) is 5.53. The highest BCUT2D eigenvalue weighted by Crippen LogP contribution is 2.19. The largest absolute Gasteiger partial charge is 0.342 e. The molecule has 0 unspecified atom stereocenters. The summed E-state index contributed by atoms with van der Waals surface area (Å²) in [4.78, 5) is 12.3. The van der Waals surface area contributed by atoms with Crippen LogP contribution in [0.1, 0.15) is 26.3 Å². The molecule has 0 saturated carbocycles. The van der Waals surface area contributed by atoms with Crippen LogP contribution in [-0.2, 0) is 4.79 Å². The van der Waals surface area contributed by atoms with Crippen LogP contribution in [0.3, 0.4) is 0 Å². The minimum absolute atomic E-state index is 0.0239. The third-order valence-corrected chi connectivity index (χ3v) is 2.74. The number of hydrogen-bond acceptors (Lipinski definition) is 2. The monoisotopic (exact) mass is 246 g/mol. The van der Waals surface area contributed by atoms with E-state index in [1.54, 1.807) is 12.3 Å². The van der Waals surface area contributed by atoms with E-state index in [-0.39, 0.29) is 11.9 Å². The van der Waals surface area contributed by atoms with Gasteiger partial charge in [-0.2, -0.15) is 5.10 Å². The van der Waals surface area contributed by atoms with Gasteiger partial charge < -0.3 is 9.88 Å². The number of amides is 1. The van der Waals surface area contributed by atoms with Crippen LogP contribution >= 0.6 is 0 Å². The molecule has 0 aliphatic rings. The van der Waals surface area contributed by atoms with Crippen molar-refractivity contribution in [2.75, 3.05) is 5.32 Å². The van der Waals surface area contributed by atoms with Gasteiger partial charge in [0.15, 0.2) is 0 Å². The molecule has 5 heteroatoms. The lowest BCUT2D eigenvalue weighted by Crippen LogP contribution is -2.26. The summed E-state index contributed by atoms with van der Waals surface area (Å²) < 4.78 is 1.94. The fraction of sp³-hybridized carbons (Fsp3) is 0.385. The third-order valence-electron chi connectivity index (χ3n) is 2.74. The van der Waals surface area contributed by atoms with Gasteiger partial charge in [0.2, 0.25) is 5.91 Å². The molecule has 0 spiro atoms. The maximum atomic E-state index is 12.3. The van der Waals surface area contributed by atoms with E-state index in [0.717, 1.165) is 6.42 Å². The van der Waals surface area contributed by atoms with Crippen LogP contribution in [0.25, 0.3) is 0 Å². The standard InChI is InChI=1S/C13H18N4O/c1-10(2)9-11(17-7-3-4-8-17)13(18)15-12-5-6-14-16-12/h3-8,10-11H,9H2,1-2H3,(H2,14,15,16,18)/t11-/m0/s1. The van der Waals surface area contributed by atoms with E-state index in [4.69, 9.17) is 0 Å². The predicted molar refractivity (Wildman–Crippen MR) is 70.1 cm³/mol. The first-order valence-electron chi connectivity index (χ1n) is 6.09. The molecule has 0 saturated heterocycles. The number of carbonyl (C=O) groups is 1. The molecule has 2 aromatic rings. The predicted octanol–water partition coefficient (Wildman–Crippen LogP) is 2.44. The average molecular weight is 246 g/mol. The summed E-state index contributed by atoms with van der Waals surface area (Å²) in [5.74, 6) is 1.05. The van der Waals surface area contributed by atoms with Crippen molar-refractivity contribution in [1.82, 2.24) is 14.8 Å². The zero-order valence-electron chi connectivity index (χ0n) is 10.6. The lowest BCUT2D eigenvalue weighted by molar-refractivity contribution is -0.119. The maximum Gasteiger partial charge on any atom is 0.248 e. The van der Waals surface area contributed by atoms with Crippen LogP contribution in [0.5, 0.6) is 0 Å². The molecule has 96 valence electrons. The molecule has 5 nitrogen and oxygen atoms in total. The van der Waals surface area contributed by atoms with Gasteiger partial charge in [0.25, 0.3) is 0 Å². The number of rotatable bonds is 5. The first-order chi connectivity index (χ1) is 8.66. The first kappa shape index (κ1) is 12.4. The number of nitrogens with one attached hydrogen (secondary N) is 2.